The van der Waals surface area contributed by atoms with Gasteiger partial charge in [0.15, 0.2) is 0 Å². The van der Waals surface area contributed by atoms with E-state index in [4.69, 9.17) is 14.3 Å². The molecule has 94 valence electrons. The summed E-state index contributed by atoms with van der Waals surface area (Å²) in [5, 5.41) is 8.92. The molecule has 1 saturated carbocycles. The number of furan rings is 1. The first kappa shape index (κ1) is 12.2. The zero-order valence-corrected chi connectivity index (χ0v) is 10.0. The Morgan fingerprint density at radius 3 is 3.12 bits per heavy atom. The summed E-state index contributed by atoms with van der Waals surface area (Å²) in [7, 11) is 0. The van der Waals surface area contributed by atoms with Crippen LogP contribution in [0.2, 0.25) is 0 Å². The van der Waals surface area contributed by atoms with Crippen LogP contribution >= 0.6 is 0 Å². The van der Waals surface area contributed by atoms with Crippen molar-refractivity contribution in [3.63, 3.8) is 0 Å². The lowest BCUT2D eigenvalue weighted by molar-refractivity contribution is -0.00325. The minimum Gasteiger partial charge on any atom is -0.478 e. The van der Waals surface area contributed by atoms with Crippen LogP contribution in [0.3, 0.4) is 0 Å². The minimum atomic E-state index is -0.964. The molecule has 0 saturated heterocycles. The SMILES string of the molecule is CC1CCCC(OCc2occc2C(=O)O)C1. The van der Waals surface area contributed by atoms with E-state index in [1.54, 1.807) is 0 Å². The number of carboxylic acids is 1. The summed E-state index contributed by atoms with van der Waals surface area (Å²) >= 11 is 0. The highest BCUT2D eigenvalue weighted by Gasteiger charge is 2.21. The monoisotopic (exact) mass is 238 g/mol. The third kappa shape index (κ3) is 3.09. The molecule has 0 amide bonds. The second-order valence-electron chi connectivity index (χ2n) is 4.77. The first-order chi connectivity index (χ1) is 8.16. The second kappa shape index (κ2) is 5.36. The molecule has 0 bridgehead atoms. The zero-order valence-electron chi connectivity index (χ0n) is 10.0. The number of hydrogen-bond acceptors (Lipinski definition) is 3. The predicted molar refractivity (Wildman–Crippen MR) is 61.9 cm³/mol. The maximum absolute atomic E-state index is 10.9. The highest BCUT2D eigenvalue weighted by molar-refractivity contribution is 5.88. The number of ether oxygens (including phenoxy) is 1. The molecule has 1 fully saturated rings. The molecule has 0 radical (unpaired) electrons. The highest BCUT2D eigenvalue weighted by Crippen LogP contribution is 2.26. The van der Waals surface area contributed by atoms with Gasteiger partial charge < -0.3 is 14.3 Å². The van der Waals surface area contributed by atoms with Gasteiger partial charge in [0.1, 0.15) is 17.9 Å². The molecule has 4 nitrogen and oxygen atoms in total. The van der Waals surface area contributed by atoms with Gasteiger partial charge in [0.05, 0.1) is 12.4 Å². The lowest BCUT2D eigenvalue weighted by Crippen LogP contribution is -2.21. The number of rotatable bonds is 4. The van der Waals surface area contributed by atoms with Crippen LogP contribution < -0.4 is 0 Å². The third-order valence-electron chi connectivity index (χ3n) is 3.31. The fourth-order valence-corrected chi connectivity index (χ4v) is 2.37. The Kier molecular flexibility index (Phi) is 3.84. The maximum atomic E-state index is 10.9. The Bertz CT molecular complexity index is 383. The molecule has 1 aliphatic rings. The lowest BCUT2D eigenvalue weighted by atomic mass is 9.89. The summed E-state index contributed by atoms with van der Waals surface area (Å²) in [6.07, 6.45) is 6.21. The van der Waals surface area contributed by atoms with E-state index >= 15 is 0 Å². The highest BCUT2D eigenvalue weighted by atomic mass is 16.5. The average Bonchev–Trinajstić information content (AvgIpc) is 2.74. The number of aromatic carboxylic acids is 1. The predicted octanol–water partition coefficient (Wildman–Crippen LogP) is 3.07. The largest absolute Gasteiger partial charge is 0.478 e. The normalized spacial score (nSPS) is 24.8. The molecule has 2 rings (SSSR count). The van der Waals surface area contributed by atoms with Crippen molar-refractivity contribution in [3.05, 3.63) is 23.7 Å². The van der Waals surface area contributed by atoms with E-state index in [0.717, 1.165) is 12.8 Å². The van der Waals surface area contributed by atoms with Crippen molar-refractivity contribution in [1.29, 1.82) is 0 Å². The molecule has 17 heavy (non-hydrogen) atoms. The van der Waals surface area contributed by atoms with Crippen molar-refractivity contribution < 1.29 is 19.1 Å². The van der Waals surface area contributed by atoms with Crippen molar-refractivity contribution >= 4 is 5.97 Å². The molecule has 1 N–H and O–H groups in total. The van der Waals surface area contributed by atoms with E-state index in [-0.39, 0.29) is 18.3 Å². The van der Waals surface area contributed by atoms with Crippen LogP contribution in [0.15, 0.2) is 16.7 Å². The van der Waals surface area contributed by atoms with Crippen LogP contribution in [0.25, 0.3) is 0 Å². The van der Waals surface area contributed by atoms with E-state index < -0.39 is 5.97 Å². The molecular weight excluding hydrogens is 220 g/mol. The Labute approximate surface area is 101 Å². The molecule has 0 spiro atoms. The number of carbonyl (C=O) groups is 1. The fraction of sp³-hybridized carbons (Fsp3) is 0.615. The van der Waals surface area contributed by atoms with Gasteiger partial charge in [-0.25, -0.2) is 4.79 Å². The van der Waals surface area contributed by atoms with Gasteiger partial charge in [0.2, 0.25) is 0 Å². The van der Waals surface area contributed by atoms with Gasteiger partial charge in [0.25, 0.3) is 0 Å². The summed E-state index contributed by atoms with van der Waals surface area (Å²) in [6.45, 7) is 2.48. The number of carboxylic acid groups (broad SMARTS) is 1. The van der Waals surface area contributed by atoms with Crippen molar-refractivity contribution in [2.24, 2.45) is 5.92 Å². The van der Waals surface area contributed by atoms with Crippen molar-refractivity contribution in [2.75, 3.05) is 0 Å². The molecule has 2 atom stereocenters. The molecule has 0 aromatic carbocycles. The average molecular weight is 238 g/mol. The molecule has 4 heteroatoms. The molecular formula is C13H18O4. The maximum Gasteiger partial charge on any atom is 0.339 e. The summed E-state index contributed by atoms with van der Waals surface area (Å²) in [5.41, 5.74) is 0.203. The van der Waals surface area contributed by atoms with Gasteiger partial charge >= 0.3 is 5.97 Å². The first-order valence-electron chi connectivity index (χ1n) is 6.08. The summed E-state index contributed by atoms with van der Waals surface area (Å²) in [5.74, 6) is 0.148. The van der Waals surface area contributed by atoms with E-state index in [2.05, 4.69) is 6.92 Å². The molecule has 0 aliphatic heterocycles. The summed E-state index contributed by atoms with van der Waals surface area (Å²) in [6, 6.07) is 1.46. The van der Waals surface area contributed by atoms with Crippen LogP contribution in [0.5, 0.6) is 0 Å². The van der Waals surface area contributed by atoms with Crippen molar-refractivity contribution in [3.8, 4) is 0 Å². The van der Waals surface area contributed by atoms with Crippen molar-refractivity contribution in [2.45, 2.75) is 45.3 Å². The number of hydrogen-bond donors (Lipinski definition) is 1. The van der Waals surface area contributed by atoms with Gasteiger partial charge in [-0.1, -0.05) is 19.8 Å². The Balaban J connectivity index is 1.89. The Hall–Kier alpha value is -1.29. The van der Waals surface area contributed by atoms with Crippen LogP contribution in [-0.4, -0.2) is 17.2 Å². The van der Waals surface area contributed by atoms with Gasteiger partial charge in [0, 0.05) is 0 Å². The lowest BCUT2D eigenvalue weighted by Gasteiger charge is -2.26. The fourth-order valence-electron chi connectivity index (χ4n) is 2.37. The van der Waals surface area contributed by atoms with Crippen LogP contribution in [0.4, 0.5) is 0 Å². The van der Waals surface area contributed by atoms with Crippen LogP contribution in [-0.2, 0) is 11.3 Å². The third-order valence-corrected chi connectivity index (χ3v) is 3.31. The van der Waals surface area contributed by atoms with Gasteiger partial charge in [-0.3, -0.25) is 0 Å². The van der Waals surface area contributed by atoms with Crippen molar-refractivity contribution in [1.82, 2.24) is 0 Å². The Morgan fingerprint density at radius 2 is 2.41 bits per heavy atom. The molecule has 1 heterocycles. The quantitative estimate of drug-likeness (QED) is 0.875. The minimum absolute atomic E-state index is 0.203. The molecule has 1 aliphatic carbocycles. The summed E-state index contributed by atoms with van der Waals surface area (Å²) in [4.78, 5) is 10.9. The second-order valence-corrected chi connectivity index (χ2v) is 4.77. The van der Waals surface area contributed by atoms with Gasteiger partial charge in [-0.05, 0) is 24.8 Å². The van der Waals surface area contributed by atoms with Crippen LogP contribution in [0.1, 0.15) is 48.7 Å². The van der Waals surface area contributed by atoms with E-state index in [9.17, 15) is 4.79 Å². The first-order valence-corrected chi connectivity index (χ1v) is 6.08. The van der Waals surface area contributed by atoms with E-state index in [0.29, 0.717) is 11.7 Å². The zero-order chi connectivity index (χ0) is 12.3. The standard InChI is InChI=1S/C13H18O4/c1-9-3-2-4-10(7-9)17-8-12-11(13(14)15)5-6-16-12/h5-6,9-10H,2-4,7-8H2,1H3,(H,14,15). The molecule has 1 aromatic rings. The summed E-state index contributed by atoms with van der Waals surface area (Å²) < 4.78 is 10.9. The smallest absolute Gasteiger partial charge is 0.339 e. The Morgan fingerprint density at radius 1 is 1.59 bits per heavy atom. The van der Waals surface area contributed by atoms with Gasteiger partial charge in [-0.15, -0.1) is 0 Å². The topological polar surface area (TPSA) is 59.7 Å². The van der Waals surface area contributed by atoms with E-state index in [1.165, 1.54) is 25.2 Å². The molecule has 2 unspecified atom stereocenters. The van der Waals surface area contributed by atoms with E-state index in [1.807, 2.05) is 0 Å². The van der Waals surface area contributed by atoms with Gasteiger partial charge in [-0.2, -0.15) is 0 Å². The van der Waals surface area contributed by atoms with Crippen LogP contribution in [0, 0.1) is 5.92 Å². The molecule has 1 aromatic heterocycles.